The summed E-state index contributed by atoms with van der Waals surface area (Å²) in [7, 11) is 0. The predicted octanol–water partition coefficient (Wildman–Crippen LogP) is 3.94. The van der Waals surface area contributed by atoms with Gasteiger partial charge in [0.1, 0.15) is 5.83 Å². The van der Waals surface area contributed by atoms with Crippen molar-refractivity contribution in [1.29, 1.82) is 0 Å². The molecule has 70 valence electrons. The van der Waals surface area contributed by atoms with Crippen molar-refractivity contribution in [3.05, 3.63) is 48.4 Å². The van der Waals surface area contributed by atoms with Crippen LogP contribution in [0.2, 0.25) is 0 Å². The molecule has 1 unspecified atom stereocenters. The molecule has 0 aliphatic heterocycles. The van der Waals surface area contributed by atoms with Gasteiger partial charge in [0.2, 0.25) is 0 Å². The minimum Gasteiger partial charge on any atom is -0.208 e. The lowest BCUT2D eigenvalue weighted by molar-refractivity contribution is 0.671. The van der Waals surface area contributed by atoms with Crippen LogP contribution in [0.5, 0.6) is 0 Å². The molecule has 0 amide bonds. The van der Waals surface area contributed by atoms with Crippen molar-refractivity contribution < 1.29 is 4.39 Å². The van der Waals surface area contributed by atoms with Crippen LogP contribution in [0.15, 0.2) is 48.4 Å². The van der Waals surface area contributed by atoms with Crippen molar-refractivity contribution >= 4 is 0 Å². The maximum absolute atomic E-state index is 12.3. The summed E-state index contributed by atoms with van der Waals surface area (Å²) in [4.78, 5) is 0. The van der Waals surface area contributed by atoms with Gasteiger partial charge in [-0.3, -0.25) is 0 Å². The van der Waals surface area contributed by atoms with Gasteiger partial charge in [-0.15, -0.1) is 0 Å². The Morgan fingerprint density at radius 3 is 2.69 bits per heavy atom. The maximum Gasteiger partial charge on any atom is 0.116 e. The quantitative estimate of drug-likeness (QED) is 0.574. The molecule has 0 aromatic carbocycles. The van der Waals surface area contributed by atoms with Gasteiger partial charge in [-0.1, -0.05) is 32.2 Å². The molecular formula is C12H15F. The topological polar surface area (TPSA) is 0 Å². The first-order valence-electron chi connectivity index (χ1n) is 4.52. The molecule has 1 aliphatic rings. The minimum atomic E-state index is -0.423. The van der Waals surface area contributed by atoms with Gasteiger partial charge in [0.05, 0.1) is 0 Å². The number of hydrogen-bond donors (Lipinski definition) is 0. The first-order chi connectivity index (χ1) is 6.09. The highest BCUT2D eigenvalue weighted by atomic mass is 19.1. The molecule has 1 rings (SSSR count). The van der Waals surface area contributed by atoms with E-state index in [2.05, 4.69) is 26.2 Å². The number of hydrogen-bond acceptors (Lipinski definition) is 0. The van der Waals surface area contributed by atoms with Gasteiger partial charge >= 0.3 is 0 Å². The highest BCUT2D eigenvalue weighted by Crippen LogP contribution is 2.28. The summed E-state index contributed by atoms with van der Waals surface area (Å²) in [6.45, 7) is 9.21. The summed E-state index contributed by atoms with van der Waals surface area (Å²) >= 11 is 0. The van der Waals surface area contributed by atoms with E-state index in [9.17, 15) is 4.39 Å². The van der Waals surface area contributed by atoms with Crippen LogP contribution in [-0.2, 0) is 0 Å². The highest BCUT2D eigenvalue weighted by Gasteiger charge is 2.11. The van der Waals surface area contributed by atoms with E-state index in [1.807, 2.05) is 0 Å². The van der Waals surface area contributed by atoms with Crippen LogP contribution in [-0.4, -0.2) is 0 Å². The van der Waals surface area contributed by atoms with Crippen LogP contribution in [0.3, 0.4) is 0 Å². The Kier molecular flexibility index (Phi) is 3.24. The fourth-order valence-electron chi connectivity index (χ4n) is 1.46. The second kappa shape index (κ2) is 4.22. The Labute approximate surface area is 79.2 Å². The Bertz CT molecular complexity index is 281. The molecule has 0 fully saturated rings. The lowest BCUT2D eigenvalue weighted by atomic mass is 10.1. The Hall–Kier alpha value is -1.11. The van der Waals surface area contributed by atoms with Crippen molar-refractivity contribution in [2.75, 3.05) is 0 Å². The molecule has 1 aliphatic carbocycles. The van der Waals surface area contributed by atoms with Crippen molar-refractivity contribution in [2.24, 2.45) is 5.92 Å². The molecule has 13 heavy (non-hydrogen) atoms. The zero-order valence-electron chi connectivity index (χ0n) is 8.02. The highest BCUT2D eigenvalue weighted by molar-refractivity contribution is 5.40. The van der Waals surface area contributed by atoms with Crippen LogP contribution >= 0.6 is 0 Å². The summed E-state index contributed by atoms with van der Waals surface area (Å²) in [5, 5.41) is 0. The lowest BCUT2D eigenvalue weighted by Crippen LogP contribution is -1.79. The summed E-state index contributed by atoms with van der Waals surface area (Å²) in [6, 6.07) is 0. The van der Waals surface area contributed by atoms with Gasteiger partial charge < -0.3 is 0 Å². The molecule has 0 radical (unpaired) electrons. The second-order valence-electron chi connectivity index (χ2n) is 3.51. The lowest BCUT2D eigenvalue weighted by Gasteiger charge is -1.98. The monoisotopic (exact) mass is 178 g/mol. The summed E-state index contributed by atoms with van der Waals surface area (Å²) < 4.78 is 12.3. The molecule has 0 aromatic heterocycles. The summed E-state index contributed by atoms with van der Waals surface area (Å²) in [6.07, 6.45) is 7.48. The molecule has 0 heterocycles. The van der Waals surface area contributed by atoms with E-state index < -0.39 is 5.83 Å². The first kappa shape index (κ1) is 9.97. The predicted molar refractivity (Wildman–Crippen MR) is 55.0 cm³/mol. The van der Waals surface area contributed by atoms with Gasteiger partial charge in [-0.25, -0.2) is 4.39 Å². The zero-order chi connectivity index (χ0) is 9.84. The van der Waals surface area contributed by atoms with Crippen molar-refractivity contribution in [2.45, 2.75) is 19.8 Å². The number of rotatable bonds is 3. The SMILES string of the molecule is C=C(F)/C=C\C(=C)C1=CC(C)CC1. The second-order valence-corrected chi connectivity index (χ2v) is 3.51. The van der Waals surface area contributed by atoms with Crippen molar-refractivity contribution in [3.63, 3.8) is 0 Å². The smallest absolute Gasteiger partial charge is 0.116 e. The van der Waals surface area contributed by atoms with Gasteiger partial charge in [0, 0.05) is 0 Å². The summed E-state index contributed by atoms with van der Waals surface area (Å²) in [5.41, 5.74) is 2.15. The largest absolute Gasteiger partial charge is 0.208 e. The van der Waals surface area contributed by atoms with E-state index in [1.54, 1.807) is 6.08 Å². The normalized spacial score (nSPS) is 22.0. The van der Waals surface area contributed by atoms with Gasteiger partial charge in [-0.2, -0.15) is 0 Å². The molecule has 1 atom stereocenters. The third-order valence-electron chi connectivity index (χ3n) is 2.23. The van der Waals surface area contributed by atoms with Gasteiger partial charge in [-0.05, 0) is 36.0 Å². The Balaban J connectivity index is 2.59. The van der Waals surface area contributed by atoms with E-state index in [-0.39, 0.29) is 0 Å². The molecule has 0 aromatic rings. The molecule has 0 bridgehead atoms. The molecular weight excluding hydrogens is 163 g/mol. The van der Waals surface area contributed by atoms with Crippen LogP contribution in [0.4, 0.5) is 4.39 Å². The van der Waals surface area contributed by atoms with E-state index in [0.29, 0.717) is 5.92 Å². The molecule has 0 saturated carbocycles. The standard InChI is InChI=1S/C12H15F/c1-9-4-7-12(8-9)10(2)5-6-11(3)13/h5-6,8-9H,2-4,7H2,1H3/b6-5-. The van der Waals surface area contributed by atoms with Crippen LogP contribution in [0, 0.1) is 5.92 Å². The number of allylic oxidation sites excluding steroid dienone is 6. The first-order valence-corrected chi connectivity index (χ1v) is 4.52. The molecule has 0 spiro atoms. The fourth-order valence-corrected chi connectivity index (χ4v) is 1.46. The van der Waals surface area contributed by atoms with E-state index in [0.717, 1.165) is 12.0 Å². The maximum atomic E-state index is 12.3. The van der Waals surface area contributed by atoms with Crippen molar-refractivity contribution in [1.82, 2.24) is 0 Å². The van der Waals surface area contributed by atoms with E-state index >= 15 is 0 Å². The molecule has 0 N–H and O–H groups in total. The average molecular weight is 178 g/mol. The van der Waals surface area contributed by atoms with E-state index in [4.69, 9.17) is 0 Å². The fraction of sp³-hybridized carbons (Fsp3) is 0.333. The van der Waals surface area contributed by atoms with Crippen molar-refractivity contribution in [3.8, 4) is 0 Å². The third-order valence-corrected chi connectivity index (χ3v) is 2.23. The van der Waals surface area contributed by atoms with Crippen LogP contribution in [0.1, 0.15) is 19.8 Å². The molecule has 0 saturated heterocycles. The summed E-state index contributed by atoms with van der Waals surface area (Å²) in [5.74, 6) is 0.210. The number of halogens is 1. The van der Waals surface area contributed by atoms with Crippen LogP contribution < -0.4 is 0 Å². The Morgan fingerprint density at radius 2 is 2.23 bits per heavy atom. The van der Waals surface area contributed by atoms with E-state index in [1.165, 1.54) is 18.1 Å². The van der Waals surface area contributed by atoms with Gasteiger partial charge in [0.15, 0.2) is 0 Å². The minimum absolute atomic E-state index is 0.423. The molecule has 0 nitrogen and oxygen atoms in total. The Morgan fingerprint density at radius 1 is 1.54 bits per heavy atom. The average Bonchev–Trinajstić information content (AvgIpc) is 2.47. The van der Waals surface area contributed by atoms with Crippen LogP contribution in [0.25, 0.3) is 0 Å². The zero-order valence-corrected chi connectivity index (χ0v) is 8.02. The van der Waals surface area contributed by atoms with Gasteiger partial charge in [0.25, 0.3) is 0 Å². The molecule has 1 heteroatoms. The third kappa shape index (κ3) is 3.02.